The van der Waals surface area contributed by atoms with Crippen molar-refractivity contribution in [2.45, 2.75) is 12.8 Å². The molecule has 0 amide bonds. The van der Waals surface area contributed by atoms with Crippen molar-refractivity contribution in [3.05, 3.63) is 95.8 Å². The van der Waals surface area contributed by atoms with Crippen molar-refractivity contribution in [2.75, 3.05) is 7.11 Å². The summed E-state index contributed by atoms with van der Waals surface area (Å²) in [5.41, 5.74) is 5.43. The van der Waals surface area contributed by atoms with E-state index in [0.717, 1.165) is 33.7 Å². The number of nitrogens with zero attached hydrogens (tertiary/aromatic N) is 2. The highest BCUT2D eigenvalue weighted by molar-refractivity contribution is 5.85. The SMILES string of the molecule is COC(=O)C(c1ccccc1)c1c(-c2ccccc2C)nc2ccccn12. The fourth-order valence-electron chi connectivity index (χ4n) is 3.50. The number of hydrogen-bond donors (Lipinski definition) is 0. The summed E-state index contributed by atoms with van der Waals surface area (Å²) in [6.07, 6.45) is 1.94. The summed E-state index contributed by atoms with van der Waals surface area (Å²) >= 11 is 0. The van der Waals surface area contributed by atoms with Gasteiger partial charge in [-0.25, -0.2) is 4.98 Å². The highest BCUT2D eigenvalue weighted by atomic mass is 16.5. The molecule has 2 aromatic heterocycles. The Bertz CT molecular complexity index is 1100. The largest absolute Gasteiger partial charge is 0.468 e. The van der Waals surface area contributed by atoms with E-state index in [4.69, 9.17) is 9.72 Å². The van der Waals surface area contributed by atoms with E-state index in [1.54, 1.807) is 0 Å². The maximum Gasteiger partial charge on any atom is 0.319 e. The van der Waals surface area contributed by atoms with Gasteiger partial charge >= 0.3 is 5.97 Å². The van der Waals surface area contributed by atoms with Gasteiger partial charge in [0.2, 0.25) is 0 Å². The molecule has 0 aliphatic heterocycles. The molecule has 0 N–H and O–H groups in total. The number of hydrogen-bond acceptors (Lipinski definition) is 3. The molecule has 1 atom stereocenters. The van der Waals surface area contributed by atoms with E-state index in [9.17, 15) is 4.79 Å². The number of aromatic nitrogens is 2. The second kappa shape index (κ2) is 7.08. The van der Waals surface area contributed by atoms with Crippen LogP contribution in [0.3, 0.4) is 0 Å². The third-order valence-corrected chi connectivity index (χ3v) is 4.81. The topological polar surface area (TPSA) is 43.6 Å². The number of rotatable bonds is 4. The van der Waals surface area contributed by atoms with Crippen molar-refractivity contribution in [1.29, 1.82) is 0 Å². The Hall–Kier alpha value is -3.40. The van der Waals surface area contributed by atoms with Crippen molar-refractivity contribution in [1.82, 2.24) is 9.38 Å². The van der Waals surface area contributed by atoms with Crippen LogP contribution in [0, 0.1) is 6.92 Å². The highest BCUT2D eigenvalue weighted by Gasteiger charge is 2.31. The molecule has 0 saturated carbocycles. The number of imidazole rings is 1. The van der Waals surface area contributed by atoms with Crippen LogP contribution in [0.4, 0.5) is 0 Å². The van der Waals surface area contributed by atoms with Crippen LogP contribution in [0.5, 0.6) is 0 Å². The fraction of sp³-hybridized carbons (Fsp3) is 0.130. The number of pyridine rings is 1. The summed E-state index contributed by atoms with van der Waals surface area (Å²) in [4.78, 5) is 17.7. The Kier molecular flexibility index (Phi) is 4.47. The summed E-state index contributed by atoms with van der Waals surface area (Å²) in [7, 11) is 1.43. The first-order valence-corrected chi connectivity index (χ1v) is 8.86. The van der Waals surface area contributed by atoms with Gasteiger partial charge in [0, 0.05) is 11.8 Å². The summed E-state index contributed by atoms with van der Waals surface area (Å²) in [6.45, 7) is 2.05. The Morgan fingerprint density at radius 1 is 0.963 bits per heavy atom. The van der Waals surface area contributed by atoms with Crippen LogP contribution >= 0.6 is 0 Å². The molecule has 4 rings (SSSR count). The summed E-state index contributed by atoms with van der Waals surface area (Å²) < 4.78 is 7.16. The standard InChI is InChI=1S/C23H20N2O2/c1-16-10-6-7-13-18(16)21-22(25-15-9-8-14-19(25)24-21)20(23(26)27-2)17-11-4-3-5-12-17/h3-15,20H,1-2H3. The maximum atomic E-state index is 12.9. The molecule has 2 heterocycles. The van der Waals surface area contributed by atoms with Crippen molar-refractivity contribution >= 4 is 11.6 Å². The number of aryl methyl sites for hydroxylation is 1. The van der Waals surface area contributed by atoms with E-state index in [1.165, 1.54) is 7.11 Å². The Morgan fingerprint density at radius 3 is 2.41 bits per heavy atom. The molecule has 0 fully saturated rings. The lowest BCUT2D eigenvalue weighted by Crippen LogP contribution is -2.18. The second-order valence-electron chi connectivity index (χ2n) is 6.46. The van der Waals surface area contributed by atoms with Gasteiger partial charge < -0.3 is 9.14 Å². The van der Waals surface area contributed by atoms with Crippen molar-refractivity contribution < 1.29 is 9.53 Å². The van der Waals surface area contributed by atoms with E-state index in [-0.39, 0.29) is 5.97 Å². The van der Waals surface area contributed by atoms with Crippen molar-refractivity contribution in [2.24, 2.45) is 0 Å². The van der Waals surface area contributed by atoms with Crippen LogP contribution < -0.4 is 0 Å². The summed E-state index contributed by atoms with van der Waals surface area (Å²) in [6, 6.07) is 23.6. The van der Waals surface area contributed by atoms with Crippen LogP contribution in [0.15, 0.2) is 79.0 Å². The van der Waals surface area contributed by atoms with E-state index >= 15 is 0 Å². The molecule has 0 aliphatic rings. The van der Waals surface area contributed by atoms with Crippen LogP contribution in [0.25, 0.3) is 16.9 Å². The first-order chi connectivity index (χ1) is 13.2. The molecule has 0 spiro atoms. The molecule has 4 heteroatoms. The van der Waals surface area contributed by atoms with Gasteiger partial charge in [0.1, 0.15) is 11.6 Å². The van der Waals surface area contributed by atoms with Crippen LogP contribution in [0.1, 0.15) is 22.7 Å². The van der Waals surface area contributed by atoms with Gasteiger partial charge in [0.05, 0.1) is 18.5 Å². The minimum Gasteiger partial charge on any atom is -0.468 e. The molecule has 0 bridgehead atoms. The lowest BCUT2D eigenvalue weighted by atomic mass is 9.91. The third-order valence-electron chi connectivity index (χ3n) is 4.81. The first kappa shape index (κ1) is 17.0. The normalized spacial score (nSPS) is 12.1. The zero-order chi connectivity index (χ0) is 18.8. The molecule has 4 aromatic rings. The number of benzene rings is 2. The smallest absolute Gasteiger partial charge is 0.319 e. The zero-order valence-electron chi connectivity index (χ0n) is 15.3. The average molecular weight is 356 g/mol. The van der Waals surface area contributed by atoms with Gasteiger partial charge in [0.15, 0.2) is 0 Å². The molecule has 0 aliphatic carbocycles. The van der Waals surface area contributed by atoms with Crippen LogP contribution in [0.2, 0.25) is 0 Å². The number of ether oxygens (including phenoxy) is 1. The van der Waals surface area contributed by atoms with E-state index < -0.39 is 5.92 Å². The van der Waals surface area contributed by atoms with E-state index in [1.807, 2.05) is 77.3 Å². The van der Waals surface area contributed by atoms with Gasteiger partial charge in [0.25, 0.3) is 0 Å². The lowest BCUT2D eigenvalue weighted by Gasteiger charge is -2.17. The Labute approximate surface area is 158 Å². The molecular formula is C23H20N2O2. The van der Waals surface area contributed by atoms with E-state index in [2.05, 4.69) is 13.0 Å². The minimum absolute atomic E-state index is 0.304. The highest BCUT2D eigenvalue weighted by Crippen LogP contribution is 2.36. The predicted molar refractivity (Wildman–Crippen MR) is 106 cm³/mol. The van der Waals surface area contributed by atoms with Gasteiger partial charge in [-0.05, 0) is 30.2 Å². The molecule has 2 aromatic carbocycles. The van der Waals surface area contributed by atoms with Crippen molar-refractivity contribution in [3.63, 3.8) is 0 Å². The van der Waals surface area contributed by atoms with Crippen LogP contribution in [-0.2, 0) is 9.53 Å². The quantitative estimate of drug-likeness (QED) is 0.501. The molecule has 134 valence electrons. The maximum absolute atomic E-state index is 12.9. The van der Waals surface area contributed by atoms with Gasteiger partial charge in [-0.1, -0.05) is 60.7 Å². The zero-order valence-corrected chi connectivity index (χ0v) is 15.3. The number of esters is 1. The van der Waals surface area contributed by atoms with Gasteiger partial charge in [-0.15, -0.1) is 0 Å². The molecule has 0 saturated heterocycles. The molecule has 0 radical (unpaired) electrons. The van der Waals surface area contributed by atoms with Gasteiger partial charge in [-0.2, -0.15) is 0 Å². The molecule has 1 unspecified atom stereocenters. The summed E-state index contributed by atoms with van der Waals surface area (Å²) in [5.74, 6) is -0.870. The van der Waals surface area contributed by atoms with E-state index in [0.29, 0.717) is 0 Å². The number of methoxy groups -OCH3 is 1. The van der Waals surface area contributed by atoms with Gasteiger partial charge in [-0.3, -0.25) is 4.79 Å². The minimum atomic E-state index is -0.566. The molecule has 4 nitrogen and oxygen atoms in total. The molecular weight excluding hydrogens is 336 g/mol. The number of carbonyl (C=O) groups excluding carboxylic acids is 1. The third kappa shape index (κ3) is 2.99. The Balaban J connectivity index is 2.05. The molecule has 27 heavy (non-hydrogen) atoms. The first-order valence-electron chi connectivity index (χ1n) is 8.86. The predicted octanol–water partition coefficient (Wildman–Crippen LogP) is 4.61. The second-order valence-corrected chi connectivity index (χ2v) is 6.46. The number of carbonyl (C=O) groups is 1. The average Bonchev–Trinajstić information content (AvgIpc) is 3.08. The lowest BCUT2D eigenvalue weighted by molar-refractivity contribution is -0.141. The number of fused-ring (bicyclic) bond motifs is 1. The monoisotopic (exact) mass is 356 g/mol. The summed E-state index contributed by atoms with van der Waals surface area (Å²) in [5, 5.41) is 0. The Morgan fingerprint density at radius 2 is 1.67 bits per heavy atom. The van der Waals surface area contributed by atoms with Crippen molar-refractivity contribution in [3.8, 4) is 11.3 Å². The fourth-order valence-corrected chi connectivity index (χ4v) is 3.50. The van der Waals surface area contributed by atoms with Crippen LogP contribution in [-0.4, -0.2) is 22.5 Å².